The van der Waals surface area contributed by atoms with E-state index in [9.17, 15) is 0 Å². The molecule has 0 spiro atoms. The SMILES string of the molecule is CCC(N)[Si](C)(C)OC. The molecule has 56 valence electrons. The van der Waals surface area contributed by atoms with Gasteiger partial charge in [0.2, 0.25) is 8.32 Å². The average molecular weight is 147 g/mol. The van der Waals surface area contributed by atoms with Gasteiger partial charge in [0.15, 0.2) is 0 Å². The van der Waals surface area contributed by atoms with Crippen LogP contribution in [0.4, 0.5) is 0 Å². The smallest absolute Gasteiger partial charge is 0.202 e. The van der Waals surface area contributed by atoms with Gasteiger partial charge in [-0.05, 0) is 19.5 Å². The van der Waals surface area contributed by atoms with Crippen molar-refractivity contribution in [2.24, 2.45) is 5.73 Å². The zero-order chi connectivity index (χ0) is 7.49. The third-order valence-electron chi connectivity index (χ3n) is 1.86. The molecule has 1 atom stereocenters. The molecule has 0 saturated carbocycles. The Morgan fingerprint density at radius 1 is 1.56 bits per heavy atom. The quantitative estimate of drug-likeness (QED) is 0.607. The Labute approximate surface area is 58.5 Å². The van der Waals surface area contributed by atoms with Crippen molar-refractivity contribution >= 4 is 8.32 Å². The lowest BCUT2D eigenvalue weighted by atomic mass is 10.5. The summed E-state index contributed by atoms with van der Waals surface area (Å²) in [5.41, 5.74) is 6.08. The first-order valence-electron chi connectivity index (χ1n) is 3.35. The first-order chi connectivity index (χ1) is 4.04. The first kappa shape index (κ1) is 9.14. The van der Waals surface area contributed by atoms with Crippen molar-refractivity contribution in [2.45, 2.75) is 32.1 Å². The number of hydrogen-bond donors (Lipinski definition) is 1. The van der Waals surface area contributed by atoms with E-state index in [1.807, 2.05) is 0 Å². The third kappa shape index (κ3) is 2.47. The van der Waals surface area contributed by atoms with Gasteiger partial charge >= 0.3 is 0 Å². The van der Waals surface area contributed by atoms with E-state index in [1.165, 1.54) is 0 Å². The minimum atomic E-state index is -1.50. The number of hydrogen-bond acceptors (Lipinski definition) is 2. The van der Waals surface area contributed by atoms with Crippen molar-refractivity contribution in [3.8, 4) is 0 Å². The van der Waals surface area contributed by atoms with E-state index in [0.29, 0.717) is 0 Å². The summed E-state index contributed by atoms with van der Waals surface area (Å²) in [6, 6.07) is 0. The second-order valence-electron chi connectivity index (χ2n) is 2.82. The largest absolute Gasteiger partial charge is 0.419 e. The summed E-state index contributed by atoms with van der Waals surface area (Å²) in [6.07, 6.45) is 1.02. The van der Waals surface area contributed by atoms with Crippen molar-refractivity contribution in [3.63, 3.8) is 0 Å². The van der Waals surface area contributed by atoms with Crippen molar-refractivity contribution < 1.29 is 4.43 Å². The molecule has 3 heteroatoms. The molecule has 0 aromatic rings. The lowest BCUT2D eigenvalue weighted by Gasteiger charge is -2.26. The van der Waals surface area contributed by atoms with Crippen molar-refractivity contribution in [3.05, 3.63) is 0 Å². The average Bonchev–Trinajstić information content (AvgIpc) is 1.86. The van der Waals surface area contributed by atoms with Gasteiger partial charge in [-0.25, -0.2) is 0 Å². The molecule has 0 amide bonds. The second-order valence-corrected chi connectivity index (χ2v) is 7.18. The van der Waals surface area contributed by atoms with Crippen LogP contribution in [-0.2, 0) is 4.43 Å². The van der Waals surface area contributed by atoms with Crippen LogP contribution < -0.4 is 5.73 Å². The molecule has 0 rings (SSSR count). The van der Waals surface area contributed by atoms with Gasteiger partial charge in [-0.3, -0.25) is 0 Å². The van der Waals surface area contributed by atoms with E-state index in [0.717, 1.165) is 6.42 Å². The van der Waals surface area contributed by atoms with Crippen molar-refractivity contribution in [1.29, 1.82) is 0 Å². The molecular formula is C6H17NOSi. The Bertz CT molecular complexity index is 85.1. The molecule has 0 aromatic heterocycles. The second kappa shape index (κ2) is 3.34. The molecule has 1 unspecified atom stereocenters. The summed E-state index contributed by atoms with van der Waals surface area (Å²) in [5, 5.41) is 0. The lowest BCUT2D eigenvalue weighted by Crippen LogP contribution is -2.49. The molecule has 2 N–H and O–H groups in total. The minimum absolute atomic E-state index is 0.280. The van der Waals surface area contributed by atoms with Gasteiger partial charge in [-0.2, -0.15) is 0 Å². The van der Waals surface area contributed by atoms with E-state index in [-0.39, 0.29) is 5.67 Å². The van der Waals surface area contributed by atoms with Crippen LogP contribution in [0, 0.1) is 0 Å². The van der Waals surface area contributed by atoms with Crippen LogP contribution in [0.3, 0.4) is 0 Å². The molecule has 9 heavy (non-hydrogen) atoms. The maximum Gasteiger partial charge on any atom is 0.202 e. The Morgan fingerprint density at radius 3 is 2.11 bits per heavy atom. The van der Waals surface area contributed by atoms with E-state index in [1.54, 1.807) is 7.11 Å². The fourth-order valence-electron chi connectivity index (χ4n) is 0.643. The van der Waals surface area contributed by atoms with Crippen LogP contribution in [0.5, 0.6) is 0 Å². The molecule has 0 saturated heterocycles. The topological polar surface area (TPSA) is 35.2 Å². The summed E-state index contributed by atoms with van der Waals surface area (Å²) < 4.78 is 5.30. The minimum Gasteiger partial charge on any atom is -0.419 e. The maximum absolute atomic E-state index is 5.80. The Hall–Kier alpha value is 0.137. The van der Waals surface area contributed by atoms with Crippen molar-refractivity contribution in [2.75, 3.05) is 7.11 Å². The molecule has 0 fully saturated rings. The van der Waals surface area contributed by atoms with Crippen LogP contribution >= 0.6 is 0 Å². The molecule has 0 bridgehead atoms. The molecule has 0 aliphatic rings. The van der Waals surface area contributed by atoms with Gasteiger partial charge in [-0.15, -0.1) is 0 Å². The summed E-state index contributed by atoms with van der Waals surface area (Å²) >= 11 is 0. The maximum atomic E-state index is 5.80. The fraction of sp³-hybridized carbons (Fsp3) is 1.00. The zero-order valence-corrected chi connectivity index (χ0v) is 7.77. The standard InChI is InChI=1S/C6H17NOSi/c1-5-6(7)9(3,4)8-2/h6H,5,7H2,1-4H3. The van der Waals surface area contributed by atoms with Gasteiger partial charge < -0.3 is 10.2 Å². The Kier molecular flexibility index (Phi) is 3.39. The molecule has 2 nitrogen and oxygen atoms in total. The highest BCUT2D eigenvalue weighted by Crippen LogP contribution is 2.08. The van der Waals surface area contributed by atoms with E-state index < -0.39 is 8.32 Å². The Balaban J connectivity index is 3.80. The predicted molar refractivity (Wildman–Crippen MR) is 42.8 cm³/mol. The zero-order valence-electron chi connectivity index (χ0n) is 6.77. The van der Waals surface area contributed by atoms with Crippen LogP contribution in [0.15, 0.2) is 0 Å². The molecule has 0 radical (unpaired) electrons. The van der Waals surface area contributed by atoms with Gasteiger partial charge in [0.25, 0.3) is 0 Å². The van der Waals surface area contributed by atoms with E-state index in [4.69, 9.17) is 10.2 Å². The predicted octanol–water partition coefficient (Wildman–Crippen LogP) is 1.11. The number of rotatable bonds is 3. The summed E-state index contributed by atoms with van der Waals surface area (Å²) in [7, 11) is 0.249. The molecular weight excluding hydrogens is 130 g/mol. The van der Waals surface area contributed by atoms with E-state index >= 15 is 0 Å². The molecule has 0 heterocycles. The van der Waals surface area contributed by atoms with Crippen LogP contribution in [0.25, 0.3) is 0 Å². The fourth-order valence-corrected chi connectivity index (χ4v) is 1.93. The van der Waals surface area contributed by atoms with Gasteiger partial charge in [0, 0.05) is 12.8 Å². The summed E-state index contributed by atoms with van der Waals surface area (Å²) in [5.74, 6) is 0. The van der Waals surface area contributed by atoms with Crippen LogP contribution in [0.2, 0.25) is 13.1 Å². The molecule has 0 aromatic carbocycles. The van der Waals surface area contributed by atoms with Crippen LogP contribution in [0.1, 0.15) is 13.3 Å². The van der Waals surface area contributed by atoms with Gasteiger partial charge in [0.05, 0.1) is 0 Å². The van der Waals surface area contributed by atoms with Gasteiger partial charge in [0.1, 0.15) is 0 Å². The van der Waals surface area contributed by atoms with Crippen LogP contribution in [-0.4, -0.2) is 21.1 Å². The highest BCUT2D eigenvalue weighted by Gasteiger charge is 2.27. The van der Waals surface area contributed by atoms with E-state index in [2.05, 4.69) is 20.0 Å². The summed E-state index contributed by atoms with van der Waals surface area (Å²) in [6.45, 7) is 6.38. The molecule has 0 aliphatic carbocycles. The van der Waals surface area contributed by atoms with Crippen molar-refractivity contribution in [1.82, 2.24) is 0 Å². The third-order valence-corrected chi connectivity index (χ3v) is 5.11. The molecule has 0 aliphatic heterocycles. The monoisotopic (exact) mass is 147 g/mol. The first-order valence-corrected chi connectivity index (χ1v) is 6.34. The highest BCUT2D eigenvalue weighted by atomic mass is 28.4. The highest BCUT2D eigenvalue weighted by molar-refractivity contribution is 6.72. The number of nitrogens with two attached hydrogens (primary N) is 1. The Morgan fingerprint density at radius 2 is 2.00 bits per heavy atom. The van der Waals surface area contributed by atoms with Gasteiger partial charge in [-0.1, -0.05) is 6.92 Å². The normalized spacial score (nSPS) is 15.7. The summed E-state index contributed by atoms with van der Waals surface area (Å²) in [4.78, 5) is 0. The lowest BCUT2D eigenvalue weighted by molar-refractivity contribution is 0.390.